The average Bonchev–Trinajstić information content (AvgIpc) is 3.12. The molecule has 0 unspecified atom stereocenters. The van der Waals surface area contributed by atoms with E-state index < -0.39 is 0 Å². The van der Waals surface area contributed by atoms with Gasteiger partial charge in [0.1, 0.15) is 0 Å². The summed E-state index contributed by atoms with van der Waals surface area (Å²) in [6, 6.07) is 16.4. The monoisotopic (exact) mass is 323 g/mol. The van der Waals surface area contributed by atoms with Crippen molar-refractivity contribution >= 4 is 28.7 Å². The van der Waals surface area contributed by atoms with E-state index in [1.54, 1.807) is 0 Å². The number of carbonyl (C=O) groups excluding carboxylic acids is 1. The van der Waals surface area contributed by atoms with Crippen molar-refractivity contribution in [3.8, 4) is 0 Å². The smallest absolute Gasteiger partial charge is 0.224 e. The van der Waals surface area contributed by atoms with Crippen LogP contribution >= 0.6 is 0 Å². The second kappa shape index (κ2) is 7.86. The molecule has 1 aliphatic rings. The number of amides is 1. The number of carbonyl (C=O) groups is 1. The Bertz CT molecular complexity index is 658. The van der Waals surface area contributed by atoms with Crippen LogP contribution in [0.4, 0.5) is 22.7 Å². The minimum atomic E-state index is 0.0655. The number of benzene rings is 2. The molecule has 2 N–H and O–H groups in total. The van der Waals surface area contributed by atoms with E-state index >= 15 is 0 Å². The van der Waals surface area contributed by atoms with Crippen LogP contribution in [0.1, 0.15) is 32.6 Å². The third kappa shape index (κ3) is 4.28. The first-order valence-corrected chi connectivity index (χ1v) is 8.76. The maximum absolute atomic E-state index is 11.6. The predicted octanol–water partition coefficient (Wildman–Crippen LogP) is 4.77. The van der Waals surface area contributed by atoms with Gasteiger partial charge in [0.15, 0.2) is 0 Å². The molecule has 1 heterocycles. The molecule has 0 radical (unpaired) electrons. The lowest BCUT2D eigenvalue weighted by Crippen LogP contribution is -2.17. The molecular formula is C20H25N3O. The molecule has 0 spiro atoms. The average molecular weight is 323 g/mol. The Kier molecular flexibility index (Phi) is 5.36. The van der Waals surface area contributed by atoms with Gasteiger partial charge in [0, 0.05) is 42.3 Å². The lowest BCUT2D eigenvalue weighted by atomic mass is 10.2. The van der Waals surface area contributed by atoms with Crippen LogP contribution in [-0.4, -0.2) is 19.0 Å². The Morgan fingerprint density at radius 3 is 2.04 bits per heavy atom. The molecule has 126 valence electrons. The van der Waals surface area contributed by atoms with Crippen LogP contribution in [0.2, 0.25) is 0 Å². The molecule has 2 aromatic rings. The van der Waals surface area contributed by atoms with E-state index in [0.29, 0.717) is 6.42 Å². The third-order valence-corrected chi connectivity index (χ3v) is 4.27. The van der Waals surface area contributed by atoms with Crippen LogP contribution in [0.5, 0.6) is 0 Å². The van der Waals surface area contributed by atoms with Crippen molar-refractivity contribution in [2.75, 3.05) is 28.6 Å². The van der Waals surface area contributed by atoms with Gasteiger partial charge in [-0.1, -0.05) is 6.92 Å². The normalized spacial score (nSPS) is 13.8. The number of hydrogen-bond acceptors (Lipinski definition) is 3. The molecule has 2 aromatic carbocycles. The van der Waals surface area contributed by atoms with Crippen LogP contribution in [0, 0.1) is 0 Å². The minimum absolute atomic E-state index is 0.0655. The van der Waals surface area contributed by atoms with Gasteiger partial charge in [-0.2, -0.15) is 0 Å². The predicted molar refractivity (Wildman–Crippen MR) is 101 cm³/mol. The molecule has 1 fully saturated rings. The lowest BCUT2D eigenvalue weighted by molar-refractivity contribution is -0.116. The fourth-order valence-corrected chi connectivity index (χ4v) is 2.99. The first-order chi connectivity index (χ1) is 11.7. The molecule has 3 rings (SSSR count). The number of nitrogens with zero attached hydrogens (tertiary/aromatic N) is 1. The summed E-state index contributed by atoms with van der Waals surface area (Å²) >= 11 is 0. The molecule has 0 aromatic heterocycles. The van der Waals surface area contributed by atoms with Crippen molar-refractivity contribution in [2.45, 2.75) is 32.6 Å². The van der Waals surface area contributed by atoms with Gasteiger partial charge in [-0.05, 0) is 67.8 Å². The Hall–Kier alpha value is -2.49. The summed E-state index contributed by atoms with van der Waals surface area (Å²) in [7, 11) is 0. The number of hydrogen-bond donors (Lipinski definition) is 2. The summed E-state index contributed by atoms with van der Waals surface area (Å²) in [6.07, 6.45) is 4.00. The van der Waals surface area contributed by atoms with Crippen LogP contribution in [0.15, 0.2) is 48.5 Å². The summed E-state index contributed by atoms with van der Waals surface area (Å²) in [5.74, 6) is 0.0655. The number of anilines is 4. The zero-order valence-electron chi connectivity index (χ0n) is 14.2. The molecule has 0 atom stereocenters. The van der Waals surface area contributed by atoms with Crippen LogP contribution in [0.3, 0.4) is 0 Å². The van der Waals surface area contributed by atoms with E-state index in [4.69, 9.17) is 0 Å². The second-order valence-corrected chi connectivity index (χ2v) is 6.24. The largest absolute Gasteiger partial charge is 0.372 e. The molecule has 4 nitrogen and oxygen atoms in total. The maximum atomic E-state index is 11.6. The highest BCUT2D eigenvalue weighted by molar-refractivity contribution is 5.90. The Labute approximate surface area is 143 Å². The van der Waals surface area contributed by atoms with E-state index in [9.17, 15) is 4.79 Å². The highest BCUT2D eigenvalue weighted by atomic mass is 16.1. The first kappa shape index (κ1) is 16.4. The molecule has 24 heavy (non-hydrogen) atoms. The Morgan fingerprint density at radius 2 is 1.46 bits per heavy atom. The summed E-state index contributed by atoms with van der Waals surface area (Å²) in [4.78, 5) is 14.0. The van der Waals surface area contributed by atoms with Crippen molar-refractivity contribution in [3.05, 3.63) is 48.5 Å². The van der Waals surface area contributed by atoms with E-state index in [1.807, 2.05) is 31.2 Å². The Morgan fingerprint density at radius 1 is 0.917 bits per heavy atom. The minimum Gasteiger partial charge on any atom is -0.372 e. The van der Waals surface area contributed by atoms with Gasteiger partial charge in [-0.15, -0.1) is 0 Å². The highest BCUT2D eigenvalue weighted by Gasteiger charge is 2.11. The number of nitrogens with one attached hydrogen (secondary N) is 2. The lowest BCUT2D eigenvalue weighted by Gasteiger charge is -2.18. The van der Waals surface area contributed by atoms with E-state index in [-0.39, 0.29) is 5.91 Å². The van der Waals surface area contributed by atoms with Crippen molar-refractivity contribution in [3.63, 3.8) is 0 Å². The van der Waals surface area contributed by atoms with Gasteiger partial charge >= 0.3 is 0 Å². The van der Waals surface area contributed by atoms with Crippen molar-refractivity contribution in [1.29, 1.82) is 0 Å². The summed E-state index contributed by atoms with van der Waals surface area (Å²) in [5.41, 5.74) is 4.22. The Balaban J connectivity index is 1.58. The second-order valence-electron chi connectivity index (χ2n) is 6.24. The topological polar surface area (TPSA) is 44.4 Å². The zero-order valence-corrected chi connectivity index (χ0v) is 14.2. The van der Waals surface area contributed by atoms with Gasteiger partial charge in [0.25, 0.3) is 0 Å². The molecule has 0 saturated carbocycles. The van der Waals surface area contributed by atoms with Crippen LogP contribution < -0.4 is 15.5 Å². The zero-order chi connectivity index (χ0) is 16.8. The van der Waals surface area contributed by atoms with Crippen molar-refractivity contribution in [2.24, 2.45) is 0 Å². The molecule has 0 aliphatic carbocycles. The molecule has 1 amide bonds. The van der Waals surface area contributed by atoms with Crippen molar-refractivity contribution in [1.82, 2.24) is 0 Å². The maximum Gasteiger partial charge on any atom is 0.224 e. The SMILES string of the molecule is CCCC(=O)Nc1ccc(Nc2ccc(N3CCCC3)cc2)cc1. The van der Waals surface area contributed by atoms with E-state index in [0.717, 1.165) is 36.6 Å². The summed E-state index contributed by atoms with van der Waals surface area (Å²) < 4.78 is 0. The van der Waals surface area contributed by atoms with E-state index in [2.05, 4.69) is 39.8 Å². The first-order valence-electron chi connectivity index (χ1n) is 8.76. The van der Waals surface area contributed by atoms with Gasteiger partial charge < -0.3 is 15.5 Å². The molecule has 1 aliphatic heterocycles. The molecular weight excluding hydrogens is 298 g/mol. The van der Waals surface area contributed by atoms with Gasteiger partial charge in [-0.25, -0.2) is 0 Å². The summed E-state index contributed by atoms with van der Waals surface area (Å²) in [5, 5.41) is 6.30. The quantitative estimate of drug-likeness (QED) is 0.805. The van der Waals surface area contributed by atoms with Crippen LogP contribution in [0.25, 0.3) is 0 Å². The van der Waals surface area contributed by atoms with E-state index in [1.165, 1.54) is 18.5 Å². The van der Waals surface area contributed by atoms with Crippen LogP contribution in [-0.2, 0) is 4.79 Å². The standard InChI is InChI=1S/C20H25N3O/c1-2-5-20(24)22-18-8-6-16(7-9-18)21-17-10-12-19(13-11-17)23-14-3-4-15-23/h6-13,21H,2-5,14-15H2,1H3,(H,22,24). The van der Waals surface area contributed by atoms with Gasteiger partial charge in [0.05, 0.1) is 0 Å². The van der Waals surface area contributed by atoms with Gasteiger partial charge in [-0.3, -0.25) is 4.79 Å². The third-order valence-electron chi connectivity index (χ3n) is 4.27. The molecule has 0 bridgehead atoms. The molecule has 4 heteroatoms. The molecule has 1 saturated heterocycles. The fraction of sp³-hybridized carbons (Fsp3) is 0.350. The fourth-order valence-electron chi connectivity index (χ4n) is 2.99. The number of rotatable bonds is 6. The van der Waals surface area contributed by atoms with Crippen molar-refractivity contribution < 1.29 is 4.79 Å². The van der Waals surface area contributed by atoms with Gasteiger partial charge in [0.2, 0.25) is 5.91 Å². The highest BCUT2D eigenvalue weighted by Crippen LogP contribution is 2.24. The summed E-state index contributed by atoms with van der Waals surface area (Å²) in [6.45, 7) is 4.33.